The molecule has 0 spiro atoms. The van der Waals surface area contributed by atoms with E-state index in [2.05, 4.69) is 20.7 Å². The van der Waals surface area contributed by atoms with Gasteiger partial charge in [-0.2, -0.15) is 0 Å². The van der Waals surface area contributed by atoms with E-state index in [1.54, 1.807) is 0 Å². The molecule has 4 heteroatoms. The lowest BCUT2D eigenvalue weighted by Crippen LogP contribution is -2.25. The largest absolute Gasteiger partial charge is 0.468 e. The molecule has 3 nitrogen and oxygen atoms in total. The molecular formula is C12H13BrO3. The molecule has 0 radical (unpaired) electrons. The monoisotopic (exact) mass is 284 g/mol. The summed E-state index contributed by atoms with van der Waals surface area (Å²) in [5, 5.41) is 0. The van der Waals surface area contributed by atoms with Gasteiger partial charge in [0, 0.05) is 4.47 Å². The molecule has 0 N–H and O–H groups in total. The van der Waals surface area contributed by atoms with Gasteiger partial charge in [-0.1, -0.05) is 28.1 Å². The predicted octanol–water partition coefficient (Wildman–Crippen LogP) is 2.37. The fourth-order valence-electron chi connectivity index (χ4n) is 1.39. The first kappa shape index (κ1) is 12.9. The second-order valence-corrected chi connectivity index (χ2v) is 4.43. The maximum atomic E-state index is 11.4. The zero-order chi connectivity index (χ0) is 12.1. The highest BCUT2D eigenvalue weighted by atomic mass is 79.9. The molecule has 0 saturated carbocycles. The van der Waals surface area contributed by atoms with Crippen LogP contribution in [0, 0.1) is 5.92 Å². The molecule has 0 aromatic heterocycles. The van der Waals surface area contributed by atoms with Crippen molar-refractivity contribution in [2.45, 2.75) is 13.3 Å². The standard InChI is InChI=1S/C12H13BrO3/c1-8(14)11(12(15)16-2)7-9-3-5-10(13)6-4-9/h3-6,11H,7H2,1-2H3/t11-/m0/s1. The van der Waals surface area contributed by atoms with Crippen LogP contribution in [0.2, 0.25) is 0 Å². The molecule has 0 unspecified atom stereocenters. The number of ketones is 1. The Morgan fingerprint density at radius 2 is 1.88 bits per heavy atom. The zero-order valence-electron chi connectivity index (χ0n) is 9.20. The average molecular weight is 285 g/mol. The Morgan fingerprint density at radius 3 is 2.31 bits per heavy atom. The number of hydrogen-bond acceptors (Lipinski definition) is 3. The van der Waals surface area contributed by atoms with Crippen LogP contribution in [0.4, 0.5) is 0 Å². The average Bonchev–Trinajstić information content (AvgIpc) is 2.27. The van der Waals surface area contributed by atoms with Crippen LogP contribution in [-0.2, 0) is 20.7 Å². The molecule has 0 amide bonds. The van der Waals surface area contributed by atoms with Gasteiger partial charge in [-0.3, -0.25) is 9.59 Å². The predicted molar refractivity (Wildman–Crippen MR) is 64.0 cm³/mol. The van der Waals surface area contributed by atoms with E-state index in [0.29, 0.717) is 6.42 Å². The highest BCUT2D eigenvalue weighted by Gasteiger charge is 2.24. The molecule has 0 bridgehead atoms. The fraction of sp³-hybridized carbons (Fsp3) is 0.333. The molecule has 1 aromatic carbocycles. The van der Waals surface area contributed by atoms with Crippen LogP contribution >= 0.6 is 15.9 Å². The van der Waals surface area contributed by atoms with Crippen molar-refractivity contribution in [3.8, 4) is 0 Å². The number of Topliss-reactive ketones (excluding diaryl/α,β-unsaturated/α-hetero) is 1. The van der Waals surface area contributed by atoms with Crippen molar-refractivity contribution in [3.05, 3.63) is 34.3 Å². The van der Waals surface area contributed by atoms with Crippen molar-refractivity contribution in [1.29, 1.82) is 0 Å². The van der Waals surface area contributed by atoms with E-state index in [0.717, 1.165) is 10.0 Å². The van der Waals surface area contributed by atoms with Gasteiger partial charge >= 0.3 is 5.97 Å². The Balaban J connectivity index is 2.80. The van der Waals surface area contributed by atoms with Crippen LogP contribution < -0.4 is 0 Å². The minimum Gasteiger partial charge on any atom is -0.468 e. The van der Waals surface area contributed by atoms with Gasteiger partial charge in [0.25, 0.3) is 0 Å². The SMILES string of the molecule is COC(=O)[C@@H](Cc1ccc(Br)cc1)C(C)=O. The highest BCUT2D eigenvalue weighted by Crippen LogP contribution is 2.15. The number of methoxy groups -OCH3 is 1. The van der Waals surface area contributed by atoms with E-state index in [4.69, 9.17) is 0 Å². The van der Waals surface area contributed by atoms with Crippen molar-refractivity contribution in [2.75, 3.05) is 7.11 Å². The zero-order valence-corrected chi connectivity index (χ0v) is 10.8. The number of esters is 1. The molecule has 0 aliphatic carbocycles. The van der Waals surface area contributed by atoms with Crippen LogP contribution in [-0.4, -0.2) is 18.9 Å². The summed E-state index contributed by atoms with van der Waals surface area (Å²) >= 11 is 3.32. The normalized spacial score (nSPS) is 11.9. The van der Waals surface area contributed by atoms with Gasteiger partial charge in [-0.25, -0.2) is 0 Å². The summed E-state index contributed by atoms with van der Waals surface area (Å²) in [5.41, 5.74) is 0.939. The van der Waals surface area contributed by atoms with Crippen LogP contribution in [0.3, 0.4) is 0 Å². The van der Waals surface area contributed by atoms with Crippen molar-refractivity contribution >= 4 is 27.7 Å². The number of benzene rings is 1. The molecule has 86 valence electrons. The second-order valence-electron chi connectivity index (χ2n) is 3.52. The first-order valence-corrected chi connectivity index (χ1v) is 5.66. The second kappa shape index (κ2) is 5.80. The van der Waals surface area contributed by atoms with Crippen molar-refractivity contribution in [2.24, 2.45) is 5.92 Å². The summed E-state index contributed by atoms with van der Waals surface area (Å²) in [7, 11) is 1.29. The lowest BCUT2D eigenvalue weighted by atomic mass is 9.96. The third kappa shape index (κ3) is 3.45. The first-order valence-electron chi connectivity index (χ1n) is 4.87. The van der Waals surface area contributed by atoms with Crippen LogP contribution in [0.15, 0.2) is 28.7 Å². The summed E-state index contributed by atoms with van der Waals surface area (Å²) in [6.45, 7) is 1.40. The summed E-state index contributed by atoms with van der Waals surface area (Å²) in [4.78, 5) is 22.7. The van der Waals surface area contributed by atoms with E-state index in [1.807, 2.05) is 24.3 Å². The maximum Gasteiger partial charge on any atom is 0.316 e. The molecule has 1 rings (SSSR count). The van der Waals surface area contributed by atoms with Gasteiger partial charge in [-0.15, -0.1) is 0 Å². The summed E-state index contributed by atoms with van der Waals surface area (Å²) < 4.78 is 5.57. The van der Waals surface area contributed by atoms with E-state index in [9.17, 15) is 9.59 Å². The fourth-order valence-corrected chi connectivity index (χ4v) is 1.66. The maximum absolute atomic E-state index is 11.4. The third-order valence-corrected chi connectivity index (χ3v) is 2.86. The van der Waals surface area contributed by atoms with Crippen LogP contribution in [0.5, 0.6) is 0 Å². The minimum absolute atomic E-state index is 0.172. The van der Waals surface area contributed by atoms with Gasteiger partial charge in [0.1, 0.15) is 11.7 Å². The first-order chi connectivity index (χ1) is 7.54. The Labute approximate surface area is 103 Å². The smallest absolute Gasteiger partial charge is 0.316 e. The molecule has 16 heavy (non-hydrogen) atoms. The molecule has 0 heterocycles. The number of hydrogen-bond donors (Lipinski definition) is 0. The summed E-state index contributed by atoms with van der Waals surface area (Å²) in [6, 6.07) is 7.51. The Kier molecular flexibility index (Phi) is 4.68. The molecule has 0 aliphatic rings. The van der Waals surface area contributed by atoms with Gasteiger partial charge in [0.2, 0.25) is 0 Å². The molecule has 1 atom stereocenters. The van der Waals surface area contributed by atoms with Gasteiger partial charge in [0.15, 0.2) is 0 Å². The van der Waals surface area contributed by atoms with Crippen molar-refractivity contribution in [1.82, 2.24) is 0 Å². The minimum atomic E-state index is -0.703. The number of halogens is 1. The van der Waals surface area contributed by atoms with E-state index >= 15 is 0 Å². The van der Waals surface area contributed by atoms with Crippen molar-refractivity contribution in [3.63, 3.8) is 0 Å². The molecule has 0 saturated heterocycles. The molecular weight excluding hydrogens is 272 g/mol. The number of carbonyl (C=O) groups excluding carboxylic acids is 2. The summed E-state index contributed by atoms with van der Waals surface area (Å²) in [6.07, 6.45) is 0.384. The topological polar surface area (TPSA) is 43.4 Å². The number of carbonyl (C=O) groups is 2. The lowest BCUT2D eigenvalue weighted by Gasteiger charge is -2.11. The Morgan fingerprint density at radius 1 is 1.31 bits per heavy atom. The Hall–Kier alpha value is -1.16. The van der Waals surface area contributed by atoms with Crippen LogP contribution in [0.25, 0.3) is 0 Å². The van der Waals surface area contributed by atoms with E-state index in [1.165, 1.54) is 14.0 Å². The van der Waals surface area contributed by atoms with Crippen molar-refractivity contribution < 1.29 is 14.3 Å². The number of rotatable bonds is 4. The van der Waals surface area contributed by atoms with Gasteiger partial charge < -0.3 is 4.74 Å². The molecule has 0 aliphatic heterocycles. The molecule has 0 fully saturated rings. The summed E-state index contributed by atoms with van der Waals surface area (Å²) in [5.74, 6) is -1.35. The van der Waals surface area contributed by atoms with Gasteiger partial charge in [-0.05, 0) is 31.0 Å². The third-order valence-electron chi connectivity index (χ3n) is 2.33. The molecule has 1 aromatic rings. The van der Waals surface area contributed by atoms with Gasteiger partial charge in [0.05, 0.1) is 7.11 Å². The quantitative estimate of drug-likeness (QED) is 0.630. The lowest BCUT2D eigenvalue weighted by molar-refractivity contribution is -0.148. The van der Waals surface area contributed by atoms with Crippen LogP contribution in [0.1, 0.15) is 12.5 Å². The number of ether oxygens (including phenoxy) is 1. The van der Waals surface area contributed by atoms with E-state index < -0.39 is 11.9 Å². The highest BCUT2D eigenvalue weighted by molar-refractivity contribution is 9.10. The Bertz CT molecular complexity index is 384. The van der Waals surface area contributed by atoms with E-state index in [-0.39, 0.29) is 5.78 Å².